The van der Waals surface area contributed by atoms with Crippen molar-refractivity contribution in [1.82, 2.24) is 14.8 Å². The van der Waals surface area contributed by atoms with Crippen molar-refractivity contribution >= 4 is 25.8 Å². The lowest BCUT2D eigenvalue weighted by atomic mass is 9.99. The van der Waals surface area contributed by atoms with Gasteiger partial charge in [0.25, 0.3) is 15.1 Å². The van der Waals surface area contributed by atoms with Crippen LogP contribution in [0, 0.1) is 0 Å². The molecule has 1 aliphatic carbocycles. The van der Waals surface area contributed by atoms with E-state index in [1.54, 1.807) is 6.07 Å². The molecule has 2 bridgehead atoms. The average molecular weight is 360 g/mol. The highest BCUT2D eigenvalue weighted by Gasteiger charge is 2.46. The number of piperidine rings is 1. The molecule has 0 radical (unpaired) electrons. The first-order valence-electron chi connectivity index (χ1n) is 7.92. The fourth-order valence-electron chi connectivity index (χ4n) is 3.82. The van der Waals surface area contributed by atoms with Gasteiger partial charge in [-0.3, -0.25) is 4.79 Å². The lowest BCUT2D eigenvalue weighted by Gasteiger charge is -2.36. The number of rotatable bonds is 4. The zero-order valence-corrected chi connectivity index (χ0v) is 14.0. The second-order valence-corrected chi connectivity index (χ2v) is 9.10. The van der Waals surface area contributed by atoms with Gasteiger partial charge in [0.1, 0.15) is 5.76 Å². The van der Waals surface area contributed by atoms with Gasteiger partial charge < -0.3 is 9.84 Å². The standard InChI is InChI=1S/C14H18ClN3O4S/c15-23(20,21)18-10-3-4-11(18)6-9(5-10)16-14(19)12-7-13(22-17-12)8-1-2-8/h7-11H,1-6H2,(H,16,19)/t9-,10+,11-. The molecule has 2 aliphatic heterocycles. The smallest absolute Gasteiger partial charge is 0.300 e. The van der Waals surface area contributed by atoms with Gasteiger partial charge in [0.05, 0.1) is 0 Å². The maximum absolute atomic E-state index is 12.3. The Morgan fingerprint density at radius 1 is 1.26 bits per heavy atom. The molecule has 3 aliphatic rings. The number of halogens is 1. The Bertz CT molecular complexity index is 716. The van der Waals surface area contributed by atoms with Crippen molar-refractivity contribution in [1.29, 1.82) is 0 Å². The quantitative estimate of drug-likeness (QED) is 0.827. The van der Waals surface area contributed by atoms with Crippen LogP contribution in [0.5, 0.6) is 0 Å². The van der Waals surface area contributed by atoms with E-state index in [1.165, 1.54) is 4.31 Å². The van der Waals surface area contributed by atoms with Crippen molar-refractivity contribution in [3.05, 3.63) is 17.5 Å². The third kappa shape index (κ3) is 2.99. The Morgan fingerprint density at radius 3 is 2.48 bits per heavy atom. The summed E-state index contributed by atoms with van der Waals surface area (Å²) in [7, 11) is 1.82. The number of aromatic nitrogens is 1. The minimum atomic E-state index is -3.70. The zero-order valence-electron chi connectivity index (χ0n) is 12.4. The molecule has 3 fully saturated rings. The minimum Gasteiger partial charge on any atom is -0.360 e. The molecule has 1 aromatic heterocycles. The van der Waals surface area contributed by atoms with E-state index in [-0.39, 0.29) is 24.0 Å². The monoisotopic (exact) mass is 359 g/mol. The summed E-state index contributed by atoms with van der Waals surface area (Å²) in [6.07, 6.45) is 4.93. The van der Waals surface area contributed by atoms with Crippen LogP contribution < -0.4 is 5.32 Å². The van der Waals surface area contributed by atoms with Gasteiger partial charge in [0.15, 0.2) is 5.69 Å². The Kier molecular flexibility index (Phi) is 3.66. The molecular weight excluding hydrogens is 342 g/mol. The highest BCUT2D eigenvalue weighted by Crippen LogP contribution is 2.40. The van der Waals surface area contributed by atoms with Crippen LogP contribution in [0.3, 0.4) is 0 Å². The topological polar surface area (TPSA) is 92.5 Å². The summed E-state index contributed by atoms with van der Waals surface area (Å²) in [5.74, 6) is 0.933. The van der Waals surface area contributed by atoms with Gasteiger partial charge in [0.2, 0.25) is 0 Å². The van der Waals surface area contributed by atoms with Crippen LogP contribution in [0.4, 0.5) is 0 Å². The molecule has 1 amide bonds. The number of fused-ring (bicyclic) bond motifs is 2. The number of hydrogen-bond acceptors (Lipinski definition) is 5. The first-order chi connectivity index (χ1) is 10.9. The van der Waals surface area contributed by atoms with Gasteiger partial charge in [-0.25, -0.2) is 0 Å². The van der Waals surface area contributed by atoms with Gasteiger partial charge in [0, 0.05) is 40.8 Å². The maximum atomic E-state index is 12.3. The van der Waals surface area contributed by atoms with Crippen molar-refractivity contribution in [2.75, 3.05) is 0 Å². The molecule has 2 saturated heterocycles. The fraction of sp³-hybridized carbons (Fsp3) is 0.714. The van der Waals surface area contributed by atoms with E-state index in [4.69, 9.17) is 15.2 Å². The molecule has 3 heterocycles. The number of nitrogens with one attached hydrogen (secondary N) is 1. The lowest BCUT2D eigenvalue weighted by molar-refractivity contribution is 0.0900. The van der Waals surface area contributed by atoms with E-state index >= 15 is 0 Å². The molecular formula is C14H18ClN3O4S. The SMILES string of the molecule is O=C(N[C@H]1C[C@H]2CC[C@@H](C1)N2S(=O)(=O)Cl)c1cc(C2CC2)on1. The molecule has 0 unspecified atom stereocenters. The molecule has 1 saturated carbocycles. The van der Waals surface area contributed by atoms with E-state index in [0.29, 0.717) is 24.5 Å². The van der Waals surface area contributed by atoms with E-state index in [2.05, 4.69) is 10.5 Å². The Labute approximate surface area is 138 Å². The van der Waals surface area contributed by atoms with E-state index in [0.717, 1.165) is 31.4 Å². The largest absolute Gasteiger partial charge is 0.360 e. The number of hydrogen-bond donors (Lipinski definition) is 1. The summed E-state index contributed by atoms with van der Waals surface area (Å²) in [5, 5.41) is 6.79. The summed E-state index contributed by atoms with van der Waals surface area (Å²) in [4.78, 5) is 12.3. The first-order valence-corrected chi connectivity index (χ1v) is 10.2. The number of nitrogens with zero attached hydrogens (tertiary/aromatic N) is 2. The molecule has 3 atom stereocenters. The first kappa shape index (κ1) is 15.4. The Morgan fingerprint density at radius 2 is 1.91 bits per heavy atom. The van der Waals surface area contributed by atoms with Gasteiger partial charge >= 0.3 is 0 Å². The minimum absolute atomic E-state index is 0.0595. The van der Waals surface area contributed by atoms with Crippen LogP contribution in [0.2, 0.25) is 0 Å². The van der Waals surface area contributed by atoms with Gasteiger partial charge in [-0.05, 0) is 38.5 Å². The molecule has 0 aromatic carbocycles. The van der Waals surface area contributed by atoms with E-state index in [9.17, 15) is 13.2 Å². The number of carbonyl (C=O) groups excluding carboxylic acids is 1. The third-order valence-electron chi connectivity index (χ3n) is 4.99. The molecule has 1 aromatic rings. The summed E-state index contributed by atoms with van der Waals surface area (Å²) in [5.41, 5.74) is 0.298. The van der Waals surface area contributed by atoms with Gasteiger partial charge in [-0.1, -0.05) is 5.16 Å². The summed E-state index contributed by atoms with van der Waals surface area (Å²) in [6.45, 7) is 0. The molecule has 4 rings (SSSR count). The predicted octanol–water partition coefficient (Wildman–Crippen LogP) is 1.76. The van der Waals surface area contributed by atoms with Crippen LogP contribution in [-0.2, 0) is 9.24 Å². The highest BCUT2D eigenvalue weighted by atomic mass is 35.7. The zero-order chi connectivity index (χ0) is 16.2. The maximum Gasteiger partial charge on any atom is 0.300 e. The second kappa shape index (κ2) is 5.46. The summed E-state index contributed by atoms with van der Waals surface area (Å²) in [6, 6.07) is 1.40. The van der Waals surface area contributed by atoms with Crippen molar-refractivity contribution in [3.8, 4) is 0 Å². The molecule has 0 spiro atoms. The second-order valence-electron chi connectivity index (χ2n) is 6.69. The van der Waals surface area contributed by atoms with E-state index in [1.807, 2.05) is 0 Å². The number of amides is 1. The molecule has 9 heteroatoms. The van der Waals surface area contributed by atoms with Crippen molar-refractivity contribution in [2.45, 2.75) is 62.6 Å². The van der Waals surface area contributed by atoms with Crippen LogP contribution >= 0.6 is 10.7 Å². The van der Waals surface area contributed by atoms with E-state index < -0.39 is 9.24 Å². The van der Waals surface area contributed by atoms with Gasteiger partial charge in [-0.2, -0.15) is 12.7 Å². The third-order valence-corrected chi connectivity index (χ3v) is 6.57. The Balaban J connectivity index is 1.41. The highest BCUT2D eigenvalue weighted by molar-refractivity contribution is 8.11. The van der Waals surface area contributed by atoms with Crippen molar-refractivity contribution < 1.29 is 17.7 Å². The molecule has 1 N–H and O–H groups in total. The van der Waals surface area contributed by atoms with Gasteiger partial charge in [-0.15, -0.1) is 0 Å². The molecule has 23 heavy (non-hydrogen) atoms. The van der Waals surface area contributed by atoms with Crippen LogP contribution in [0.25, 0.3) is 0 Å². The molecule has 126 valence electrons. The average Bonchev–Trinajstić information content (AvgIpc) is 3.12. The van der Waals surface area contributed by atoms with Crippen LogP contribution in [-0.4, -0.2) is 41.9 Å². The lowest BCUT2D eigenvalue weighted by Crippen LogP contribution is -2.51. The predicted molar refractivity (Wildman–Crippen MR) is 82.4 cm³/mol. The van der Waals surface area contributed by atoms with Crippen LogP contribution in [0.1, 0.15) is 60.7 Å². The fourth-order valence-corrected chi connectivity index (χ4v) is 5.60. The molecule has 7 nitrogen and oxygen atoms in total. The summed E-state index contributed by atoms with van der Waals surface area (Å²) < 4.78 is 29.9. The van der Waals surface area contributed by atoms with Crippen molar-refractivity contribution in [2.24, 2.45) is 0 Å². The Hall–Kier alpha value is -1.12. The summed E-state index contributed by atoms with van der Waals surface area (Å²) >= 11 is 0. The van der Waals surface area contributed by atoms with Crippen LogP contribution in [0.15, 0.2) is 10.6 Å². The normalized spacial score (nSPS) is 31.3. The van der Waals surface area contributed by atoms with Crippen molar-refractivity contribution in [3.63, 3.8) is 0 Å². The number of carbonyl (C=O) groups is 1.